The molecule has 7 heteroatoms. The van der Waals surface area contributed by atoms with Crippen molar-refractivity contribution in [2.45, 2.75) is 6.42 Å². The highest BCUT2D eigenvalue weighted by Gasteiger charge is 2.22. The predicted molar refractivity (Wildman–Crippen MR) is 101 cm³/mol. The summed E-state index contributed by atoms with van der Waals surface area (Å²) in [6, 6.07) is 5.58. The van der Waals surface area contributed by atoms with Crippen LogP contribution in [0.4, 0.5) is 11.6 Å². The third-order valence-electron chi connectivity index (χ3n) is 4.06. The third-order valence-corrected chi connectivity index (χ3v) is 4.06. The van der Waals surface area contributed by atoms with Crippen molar-refractivity contribution in [2.24, 2.45) is 5.92 Å². The van der Waals surface area contributed by atoms with E-state index in [1.807, 2.05) is 42.5 Å². The van der Waals surface area contributed by atoms with Gasteiger partial charge in [0.15, 0.2) is 17.4 Å². The van der Waals surface area contributed by atoms with E-state index in [2.05, 4.69) is 30.2 Å². The molecule has 1 atom stereocenters. The summed E-state index contributed by atoms with van der Waals surface area (Å²) >= 11 is 0. The molecule has 0 spiro atoms. The summed E-state index contributed by atoms with van der Waals surface area (Å²) in [4.78, 5) is 34.3. The van der Waals surface area contributed by atoms with Gasteiger partial charge in [-0.3, -0.25) is 14.8 Å². The predicted octanol–water partition coefficient (Wildman–Crippen LogP) is 3.39. The molecule has 3 aromatic heterocycles. The number of ketones is 1. The van der Waals surface area contributed by atoms with Crippen LogP contribution in [-0.2, 0) is 0 Å². The van der Waals surface area contributed by atoms with Gasteiger partial charge in [-0.25, -0.2) is 15.0 Å². The topological polar surface area (TPSA) is 93.6 Å². The number of pyridine rings is 1. The summed E-state index contributed by atoms with van der Waals surface area (Å²) < 4.78 is 0. The van der Waals surface area contributed by atoms with Crippen LogP contribution < -0.4 is 5.32 Å². The largest absolute Gasteiger partial charge is 0.322 e. The molecule has 27 heavy (non-hydrogen) atoms. The van der Waals surface area contributed by atoms with E-state index in [1.165, 1.54) is 12.4 Å². The Hall–Kier alpha value is -3.74. The SMILES string of the molecule is O=C(c1nccnc1Nc1cncc(-c2ccccn2)n1)C1C=CC=CC1. The number of hydrogen-bond donors (Lipinski definition) is 1. The minimum atomic E-state index is -0.238. The lowest BCUT2D eigenvalue weighted by atomic mass is 9.94. The van der Waals surface area contributed by atoms with Crippen molar-refractivity contribution in [3.8, 4) is 11.4 Å². The number of carbonyl (C=O) groups excluding carboxylic acids is 1. The number of carbonyl (C=O) groups is 1. The molecule has 1 aliphatic carbocycles. The van der Waals surface area contributed by atoms with Crippen LogP contribution in [0.25, 0.3) is 11.4 Å². The highest BCUT2D eigenvalue weighted by molar-refractivity contribution is 6.01. The molecular formula is C20H16N6O. The van der Waals surface area contributed by atoms with Crippen molar-refractivity contribution in [3.63, 3.8) is 0 Å². The molecule has 0 bridgehead atoms. The first-order valence-corrected chi connectivity index (χ1v) is 8.50. The van der Waals surface area contributed by atoms with Crippen LogP contribution in [-0.4, -0.2) is 30.7 Å². The van der Waals surface area contributed by atoms with Crippen LogP contribution in [0.15, 0.2) is 73.5 Å². The molecule has 0 aromatic carbocycles. The van der Waals surface area contributed by atoms with Crippen molar-refractivity contribution in [3.05, 3.63) is 79.2 Å². The van der Waals surface area contributed by atoms with Gasteiger partial charge in [-0.15, -0.1) is 0 Å². The van der Waals surface area contributed by atoms with Gasteiger partial charge < -0.3 is 5.32 Å². The normalized spacial score (nSPS) is 15.5. The number of nitrogens with zero attached hydrogens (tertiary/aromatic N) is 5. The summed E-state index contributed by atoms with van der Waals surface area (Å²) in [6.07, 6.45) is 16.2. The molecular weight excluding hydrogens is 340 g/mol. The van der Waals surface area contributed by atoms with Crippen LogP contribution in [0.3, 0.4) is 0 Å². The van der Waals surface area contributed by atoms with E-state index in [4.69, 9.17) is 0 Å². The summed E-state index contributed by atoms with van der Waals surface area (Å²) in [5.41, 5.74) is 1.62. The number of aromatic nitrogens is 5. The molecule has 0 fully saturated rings. The first kappa shape index (κ1) is 16.7. The average molecular weight is 356 g/mol. The van der Waals surface area contributed by atoms with Gasteiger partial charge in [0.1, 0.15) is 11.4 Å². The second-order valence-corrected chi connectivity index (χ2v) is 5.90. The fourth-order valence-electron chi connectivity index (χ4n) is 2.75. The van der Waals surface area contributed by atoms with Crippen molar-refractivity contribution < 1.29 is 4.79 Å². The molecule has 3 aromatic rings. The zero-order valence-corrected chi connectivity index (χ0v) is 14.4. The lowest BCUT2D eigenvalue weighted by Gasteiger charge is -2.14. The summed E-state index contributed by atoms with van der Waals surface area (Å²) in [5.74, 6) is 0.503. The van der Waals surface area contributed by atoms with Gasteiger partial charge in [0, 0.05) is 24.5 Å². The van der Waals surface area contributed by atoms with Crippen molar-refractivity contribution in [1.82, 2.24) is 24.9 Å². The molecule has 0 saturated heterocycles. The molecule has 0 aliphatic heterocycles. The van der Waals surface area contributed by atoms with Crippen molar-refractivity contribution >= 4 is 17.4 Å². The van der Waals surface area contributed by atoms with E-state index in [0.29, 0.717) is 29.4 Å². The van der Waals surface area contributed by atoms with E-state index < -0.39 is 0 Å². The molecule has 4 rings (SSSR count). The first-order chi connectivity index (χ1) is 13.3. The van der Waals surface area contributed by atoms with Gasteiger partial charge in [0.2, 0.25) is 0 Å². The number of nitrogens with one attached hydrogen (secondary N) is 1. The maximum absolute atomic E-state index is 12.8. The highest BCUT2D eigenvalue weighted by atomic mass is 16.1. The zero-order valence-electron chi connectivity index (χ0n) is 14.4. The number of allylic oxidation sites excluding steroid dienone is 4. The molecule has 7 nitrogen and oxygen atoms in total. The summed E-state index contributed by atoms with van der Waals surface area (Å²) in [5, 5.41) is 3.06. The minimum absolute atomic E-state index is 0.0833. The third kappa shape index (κ3) is 3.77. The number of rotatable bonds is 5. The maximum atomic E-state index is 12.8. The highest BCUT2D eigenvalue weighted by Crippen LogP contribution is 2.23. The standard InChI is InChI=1S/C20H16N6O/c27-19(14-6-2-1-3-7-14)18-20(24-11-10-23-18)26-17-13-21-12-16(25-17)15-8-4-5-9-22-15/h1-6,8-14H,7H2,(H,24,25,26). The summed E-state index contributed by atoms with van der Waals surface area (Å²) in [6.45, 7) is 0. The smallest absolute Gasteiger partial charge is 0.192 e. The molecule has 3 heterocycles. The van der Waals surface area contributed by atoms with Gasteiger partial charge in [-0.05, 0) is 18.6 Å². The summed E-state index contributed by atoms with van der Waals surface area (Å²) in [7, 11) is 0. The first-order valence-electron chi connectivity index (χ1n) is 8.50. The monoisotopic (exact) mass is 356 g/mol. The number of hydrogen-bond acceptors (Lipinski definition) is 7. The Balaban J connectivity index is 1.61. The molecule has 0 amide bonds. The van der Waals surface area contributed by atoms with Crippen LogP contribution in [0.5, 0.6) is 0 Å². The van der Waals surface area contributed by atoms with Crippen LogP contribution in [0, 0.1) is 5.92 Å². The van der Waals surface area contributed by atoms with Crippen LogP contribution in [0.1, 0.15) is 16.9 Å². The van der Waals surface area contributed by atoms with Crippen LogP contribution in [0.2, 0.25) is 0 Å². The molecule has 1 aliphatic rings. The molecule has 132 valence electrons. The number of Topliss-reactive ketones (excluding diaryl/α,β-unsaturated/α-hetero) is 1. The molecule has 1 unspecified atom stereocenters. The van der Waals surface area contributed by atoms with Gasteiger partial charge in [-0.2, -0.15) is 0 Å². The fourth-order valence-corrected chi connectivity index (χ4v) is 2.75. The molecule has 0 saturated carbocycles. The van der Waals surface area contributed by atoms with Gasteiger partial charge >= 0.3 is 0 Å². The fraction of sp³-hybridized carbons (Fsp3) is 0.100. The van der Waals surface area contributed by atoms with Gasteiger partial charge in [-0.1, -0.05) is 30.4 Å². The van der Waals surface area contributed by atoms with Gasteiger partial charge in [0.05, 0.1) is 18.1 Å². The molecule has 1 N–H and O–H groups in total. The van der Waals surface area contributed by atoms with E-state index in [-0.39, 0.29) is 17.4 Å². The van der Waals surface area contributed by atoms with E-state index in [9.17, 15) is 4.79 Å². The number of anilines is 2. The second-order valence-electron chi connectivity index (χ2n) is 5.90. The Bertz CT molecular complexity index is 1020. The lowest BCUT2D eigenvalue weighted by molar-refractivity contribution is 0.0941. The second kappa shape index (κ2) is 7.65. The zero-order chi connectivity index (χ0) is 18.5. The maximum Gasteiger partial charge on any atom is 0.192 e. The Kier molecular flexibility index (Phi) is 4.74. The minimum Gasteiger partial charge on any atom is -0.322 e. The quantitative estimate of drug-likeness (QED) is 0.700. The van der Waals surface area contributed by atoms with Crippen LogP contribution >= 0.6 is 0 Å². The van der Waals surface area contributed by atoms with Gasteiger partial charge in [0.25, 0.3) is 0 Å². The Morgan fingerprint density at radius 1 is 1.00 bits per heavy atom. The Labute approximate surface area is 156 Å². The van der Waals surface area contributed by atoms with E-state index >= 15 is 0 Å². The Morgan fingerprint density at radius 2 is 1.93 bits per heavy atom. The average Bonchev–Trinajstić information content (AvgIpc) is 2.75. The van der Waals surface area contributed by atoms with E-state index in [1.54, 1.807) is 18.6 Å². The van der Waals surface area contributed by atoms with Crippen molar-refractivity contribution in [1.29, 1.82) is 0 Å². The lowest BCUT2D eigenvalue weighted by Crippen LogP contribution is -2.17. The Morgan fingerprint density at radius 3 is 2.74 bits per heavy atom. The molecule has 0 radical (unpaired) electrons. The van der Waals surface area contributed by atoms with Crippen molar-refractivity contribution in [2.75, 3.05) is 5.32 Å². The van der Waals surface area contributed by atoms with E-state index in [0.717, 1.165) is 0 Å².